The first-order valence-electron chi connectivity index (χ1n) is 8.71. The number of rotatable bonds is 5. The Bertz CT molecular complexity index is 903. The summed E-state index contributed by atoms with van der Waals surface area (Å²) in [4.78, 5) is 8.73. The van der Waals surface area contributed by atoms with Crippen molar-refractivity contribution in [1.82, 2.24) is 30.2 Å². The molecule has 8 heteroatoms. The molecule has 1 aliphatic rings. The molecule has 0 aliphatic carbocycles. The lowest BCUT2D eigenvalue weighted by molar-refractivity contribution is 0.0973. The van der Waals surface area contributed by atoms with Gasteiger partial charge in [-0.3, -0.25) is 9.67 Å². The molecule has 8 nitrogen and oxygen atoms in total. The zero-order valence-electron chi connectivity index (χ0n) is 15.1. The number of ether oxygens (including phenoxy) is 1. The van der Waals surface area contributed by atoms with Crippen LogP contribution in [-0.2, 0) is 18.3 Å². The molecule has 26 heavy (non-hydrogen) atoms. The summed E-state index contributed by atoms with van der Waals surface area (Å²) in [6.45, 7) is 5.27. The molecule has 1 saturated heterocycles. The van der Waals surface area contributed by atoms with Crippen LogP contribution in [0.15, 0.2) is 29.0 Å². The minimum absolute atomic E-state index is 0.00969. The molecule has 0 spiro atoms. The number of pyridine rings is 1. The van der Waals surface area contributed by atoms with Crippen LogP contribution in [0.25, 0.3) is 11.5 Å². The highest BCUT2D eigenvalue weighted by atomic mass is 16.5. The van der Waals surface area contributed by atoms with E-state index in [-0.39, 0.29) is 12.1 Å². The van der Waals surface area contributed by atoms with Crippen LogP contribution in [0.3, 0.4) is 0 Å². The molecule has 0 radical (unpaired) electrons. The van der Waals surface area contributed by atoms with Crippen molar-refractivity contribution in [2.75, 3.05) is 6.61 Å². The molecule has 1 fully saturated rings. The number of nitrogens with one attached hydrogen (secondary N) is 1. The van der Waals surface area contributed by atoms with Gasteiger partial charge in [0.25, 0.3) is 0 Å². The summed E-state index contributed by atoms with van der Waals surface area (Å²) in [6, 6.07) is 4.06. The summed E-state index contributed by atoms with van der Waals surface area (Å²) in [5.74, 6) is 1.05. The van der Waals surface area contributed by atoms with Gasteiger partial charge in [-0.1, -0.05) is 5.16 Å². The van der Waals surface area contributed by atoms with Gasteiger partial charge < -0.3 is 14.6 Å². The maximum absolute atomic E-state index is 5.93. The summed E-state index contributed by atoms with van der Waals surface area (Å²) >= 11 is 0. The molecule has 0 aromatic carbocycles. The fourth-order valence-electron chi connectivity index (χ4n) is 3.21. The fourth-order valence-corrected chi connectivity index (χ4v) is 3.21. The van der Waals surface area contributed by atoms with Gasteiger partial charge in [0.1, 0.15) is 11.8 Å². The Hall–Kier alpha value is -2.58. The highest BCUT2D eigenvalue weighted by molar-refractivity contribution is 5.48. The van der Waals surface area contributed by atoms with Crippen molar-refractivity contribution in [3.63, 3.8) is 0 Å². The Kier molecular flexibility index (Phi) is 4.52. The highest BCUT2D eigenvalue weighted by Crippen LogP contribution is 2.31. The standard InChI is InChI=1S/C18H22N6O2/c1-11-4-6-19-15(8-11)18-22-16(26-23-18)10-20-14-5-7-25-17(14)13-9-21-24(3)12(13)2/h4,6,8-9,14,17,20H,5,7,10H2,1-3H3/t14-,17+/m0/s1. The molecule has 4 rings (SSSR count). The Morgan fingerprint density at radius 1 is 1.35 bits per heavy atom. The van der Waals surface area contributed by atoms with Gasteiger partial charge >= 0.3 is 0 Å². The molecule has 0 unspecified atom stereocenters. The zero-order valence-corrected chi connectivity index (χ0v) is 15.1. The quantitative estimate of drug-likeness (QED) is 0.750. The summed E-state index contributed by atoms with van der Waals surface area (Å²) in [5.41, 5.74) is 4.07. The Balaban J connectivity index is 1.43. The van der Waals surface area contributed by atoms with Gasteiger partial charge in [-0.15, -0.1) is 0 Å². The van der Waals surface area contributed by atoms with Crippen LogP contribution in [-0.4, -0.2) is 37.6 Å². The summed E-state index contributed by atoms with van der Waals surface area (Å²) in [5, 5.41) is 11.8. The monoisotopic (exact) mass is 354 g/mol. The first kappa shape index (κ1) is 16.9. The molecule has 0 bridgehead atoms. The lowest BCUT2D eigenvalue weighted by Gasteiger charge is -2.19. The van der Waals surface area contributed by atoms with E-state index in [2.05, 4.69) is 32.5 Å². The lowest BCUT2D eigenvalue weighted by atomic mass is 10.0. The van der Waals surface area contributed by atoms with E-state index >= 15 is 0 Å². The molecule has 1 N–H and O–H groups in total. The van der Waals surface area contributed by atoms with Gasteiger partial charge in [0.2, 0.25) is 11.7 Å². The van der Waals surface area contributed by atoms with E-state index in [0.29, 0.717) is 24.0 Å². The summed E-state index contributed by atoms with van der Waals surface area (Å²) < 4.78 is 13.2. The van der Waals surface area contributed by atoms with Gasteiger partial charge in [0.15, 0.2) is 0 Å². The van der Waals surface area contributed by atoms with E-state index in [0.717, 1.165) is 29.8 Å². The molecule has 1 aliphatic heterocycles. The van der Waals surface area contributed by atoms with Crippen LogP contribution in [0.1, 0.15) is 35.2 Å². The fraction of sp³-hybridized carbons (Fsp3) is 0.444. The minimum atomic E-state index is -0.00969. The third-order valence-electron chi connectivity index (χ3n) is 4.80. The molecule has 2 atom stereocenters. The molecule has 136 valence electrons. The molecule has 0 amide bonds. The number of aromatic nitrogens is 5. The van der Waals surface area contributed by atoms with Gasteiger partial charge in [0, 0.05) is 37.2 Å². The van der Waals surface area contributed by atoms with E-state index in [9.17, 15) is 0 Å². The Morgan fingerprint density at radius 2 is 2.23 bits per heavy atom. The summed E-state index contributed by atoms with van der Waals surface area (Å²) in [6.07, 6.45) is 4.55. The maximum Gasteiger partial charge on any atom is 0.240 e. The second-order valence-electron chi connectivity index (χ2n) is 6.61. The first-order valence-corrected chi connectivity index (χ1v) is 8.71. The van der Waals surface area contributed by atoms with Gasteiger partial charge in [-0.05, 0) is 38.0 Å². The van der Waals surface area contributed by atoms with E-state index in [4.69, 9.17) is 9.26 Å². The smallest absolute Gasteiger partial charge is 0.240 e. The van der Waals surface area contributed by atoms with Gasteiger partial charge in [-0.25, -0.2) is 0 Å². The number of nitrogens with zero attached hydrogens (tertiary/aromatic N) is 5. The molecular formula is C18H22N6O2. The molecule has 0 saturated carbocycles. The van der Waals surface area contributed by atoms with Crippen molar-refractivity contribution in [2.45, 2.75) is 39.0 Å². The number of hydrogen-bond acceptors (Lipinski definition) is 7. The Morgan fingerprint density at radius 3 is 3.00 bits per heavy atom. The van der Waals surface area contributed by atoms with E-state index in [1.807, 2.05) is 37.0 Å². The lowest BCUT2D eigenvalue weighted by Crippen LogP contribution is -2.31. The van der Waals surface area contributed by atoms with Crippen LogP contribution >= 0.6 is 0 Å². The highest BCUT2D eigenvalue weighted by Gasteiger charge is 2.32. The van der Waals surface area contributed by atoms with Crippen LogP contribution in [0.5, 0.6) is 0 Å². The third kappa shape index (κ3) is 3.25. The molecule has 3 aromatic heterocycles. The SMILES string of the molecule is Cc1ccnc(-c2noc(CN[C@H]3CCO[C@@H]3c3cnn(C)c3C)n2)c1. The van der Waals surface area contributed by atoms with E-state index in [1.54, 1.807) is 6.20 Å². The van der Waals surface area contributed by atoms with Crippen molar-refractivity contribution in [1.29, 1.82) is 0 Å². The van der Waals surface area contributed by atoms with Crippen molar-refractivity contribution in [3.8, 4) is 11.5 Å². The second kappa shape index (κ2) is 6.97. The predicted molar refractivity (Wildman–Crippen MR) is 94.1 cm³/mol. The predicted octanol–water partition coefficient (Wildman–Crippen LogP) is 2.10. The summed E-state index contributed by atoms with van der Waals surface area (Å²) in [7, 11) is 1.94. The average molecular weight is 354 g/mol. The third-order valence-corrected chi connectivity index (χ3v) is 4.80. The van der Waals surface area contributed by atoms with E-state index in [1.165, 1.54) is 0 Å². The van der Waals surface area contributed by atoms with Crippen LogP contribution in [0.4, 0.5) is 0 Å². The van der Waals surface area contributed by atoms with Crippen LogP contribution < -0.4 is 5.32 Å². The number of hydrogen-bond donors (Lipinski definition) is 1. The van der Waals surface area contributed by atoms with E-state index < -0.39 is 0 Å². The van der Waals surface area contributed by atoms with Crippen molar-refractivity contribution in [3.05, 3.63) is 47.2 Å². The average Bonchev–Trinajstić information content (AvgIpc) is 3.35. The largest absolute Gasteiger partial charge is 0.372 e. The second-order valence-corrected chi connectivity index (χ2v) is 6.61. The van der Waals surface area contributed by atoms with Crippen LogP contribution in [0.2, 0.25) is 0 Å². The van der Waals surface area contributed by atoms with Crippen molar-refractivity contribution in [2.24, 2.45) is 7.05 Å². The Labute approximate surface area is 151 Å². The van der Waals surface area contributed by atoms with Crippen molar-refractivity contribution < 1.29 is 9.26 Å². The zero-order chi connectivity index (χ0) is 18.1. The van der Waals surface area contributed by atoms with Crippen LogP contribution in [0, 0.1) is 13.8 Å². The normalized spacial score (nSPS) is 20.0. The maximum atomic E-state index is 5.93. The molecular weight excluding hydrogens is 332 g/mol. The minimum Gasteiger partial charge on any atom is -0.372 e. The topological polar surface area (TPSA) is 90.9 Å². The first-order chi connectivity index (χ1) is 12.6. The van der Waals surface area contributed by atoms with Gasteiger partial charge in [-0.2, -0.15) is 10.1 Å². The molecule has 3 aromatic rings. The molecule has 4 heterocycles. The number of aryl methyl sites for hydroxylation is 2. The van der Waals surface area contributed by atoms with Gasteiger partial charge in [0.05, 0.1) is 12.7 Å². The van der Waals surface area contributed by atoms with Crippen molar-refractivity contribution >= 4 is 0 Å².